The quantitative estimate of drug-likeness (QED) is 0.688. The van der Waals surface area contributed by atoms with E-state index in [2.05, 4.69) is 13.8 Å². The lowest BCUT2D eigenvalue weighted by atomic mass is 9.73. The zero-order chi connectivity index (χ0) is 14.9. The van der Waals surface area contributed by atoms with Crippen LogP contribution < -0.4 is 0 Å². The van der Waals surface area contributed by atoms with Crippen LogP contribution in [-0.4, -0.2) is 5.78 Å². The van der Waals surface area contributed by atoms with Gasteiger partial charge in [-0.3, -0.25) is 4.79 Å². The molecule has 110 valence electrons. The van der Waals surface area contributed by atoms with E-state index in [1.165, 1.54) is 0 Å². The van der Waals surface area contributed by atoms with Crippen LogP contribution in [0.25, 0.3) is 0 Å². The Labute approximate surface area is 121 Å². The van der Waals surface area contributed by atoms with E-state index < -0.39 is 0 Å². The maximum absolute atomic E-state index is 13.7. The van der Waals surface area contributed by atoms with E-state index in [0.717, 1.165) is 32.1 Å². The third kappa shape index (κ3) is 2.79. The number of hydrogen-bond acceptors (Lipinski definition) is 1. The Morgan fingerprint density at radius 1 is 1.20 bits per heavy atom. The van der Waals surface area contributed by atoms with Gasteiger partial charge in [-0.25, -0.2) is 4.39 Å². The average molecular weight is 276 g/mol. The van der Waals surface area contributed by atoms with Crippen molar-refractivity contribution in [2.75, 3.05) is 0 Å². The number of ketones is 1. The van der Waals surface area contributed by atoms with Crippen molar-refractivity contribution in [2.24, 2.45) is 11.3 Å². The van der Waals surface area contributed by atoms with Crippen LogP contribution in [-0.2, 0) is 0 Å². The molecule has 1 aromatic rings. The van der Waals surface area contributed by atoms with Gasteiger partial charge in [0, 0.05) is 11.0 Å². The number of halogens is 1. The van der Waals surface area contributed by atoms with Crippen molar-refractivity contribution in [3.63, 3.8) is 0 Å². The van der Waals surface area contributed by atoms with Crippen LogP contribution in [0.5, 0.6) is 0 Å². The van der Waals surface area contributed by atoms with E-state index in [-0.39, 0.29) is 17.0 Å². The summed E-state index contributed by atoms with van der Waals surface area (Å²) in [5.41, 5.74) is 1.64. The Balaban J connectivity index is 2.38. The molecule has 1 aromatic carbocycles. The van der Waals surface area contributed by atoms with Gasteiger partial charge in [-0.1, -0.05) is 26.7 Å². The van der Waals surface area contributed by atoms with E-state index in [4.69, 9.17) is 0 Å². The third-order valence-corrected chi connectivity index (χ3v) is 4.54. The standard InChI is InChI=1S/C18H25FO/c1-12(2)11-18(7-5-6-8-18)17(20)15-9-13(3)16(19)14(4)10-15/h9-10,12H,5-8,11H2,1-4H3. The van der Waals surface area contributed by atoms with Crippen LogP contribution in [0.4, 0.5) is 4.39 Å². The zero-order valence-electron chi connectivity index (χ0n) is 13.1. The SMILES string of the molecule is Cc1cc(C(=O)C2(CC(C)C)CCCC2)cc(C)c1F. The molecule has 2 rings (SSSR count). The van der Waals surface area contributed by atoms with E-state index in [1.54, 1.807) is 26.0 Å². The molecule has 1 fully saturated rings. The van der Waals surface area contributed by atoms with Crippen molar-refractivity contribution in [3.8, 4) is 0 Å². The number of rotatable bonds is 4. The number of benzene rings is 1. The summed E-state index contributed by atoms with van der Waals surface area (Å²) < 4.78 is 13.7. The Kier molecular flexibility index (Phi) is 4.31. The first-order chi connectivity index (χ1) is 9.35. The minimum atomic E-state index is -0.203. The van der Waals surface area contributed by atoms with Crippen LogP contribution in [0.3, 0.4) is 0 Å². The average Bonchev–Trinajstić information content (AvgIpc) is 2.83. The number of hydrogen-bond donors (Lipinski definition) is 0. The lowest BCUT2D eigenvalue weighted by Crippen LogP contribution is -2.30. The molecule has 0 aromatic heterocycles. The van der Waals surface area contributed by atoms with Gasteiger partial charge in [-0.05, 0) is 62.3 Å². The first-order valence-electron chi connectivity index (χ1n) is 7.67. The van der Waals surface area contributed by atoms with Crippen LogP contribution >= 0.6 is 0 Å². The number of Topliss-reactive ketones (excluding diaryl/α,β-unsaturated/α-hetero) is 1. The molecule has 0 atom stereocenters. The molecular formula is C18H25FO. The lowest BCUT2D eigenvalue weighted by Gasteiger charge is -2.29. The molecule has 2 heteroatoms. The van der Waals surface area contributed by atoms with Crippen molar-refractivity contribution >= 4 is 5.78 Å². The topological polar surface area (TPSA) is 17.1 Å². The first kappa shape index (κ1) is 15.2. The van der Waals surface area contributed by atoms with E-state index >= 15 is 0 Å². The van der Waals surface area contributed by atoms with Gasteiger partial charge in [0.2, 0.25) is 0 Å². The number of aryl methyl sites for hydroxylation is 2. The Morgan fingerprint density at radius 3 is 2.15 bits per heavy atom. The molecule has 0 radical (unpaired) electrons. The van der Waals surface area contributed by atoms with Crippen molar-refractivity contribution in [1.29, 1.82) is 0 Å². The molecule has 1 saturated carbocycles. The lowest BCUT2D eigenvalue weighted by molar-refractivity contribution is 0.0759. The third-order valence-electron chi connectivity index (χ3n) is 4.54. The predicted molar refractivity (Wildman–Crippen MR) is 80.6 cm³/mol. The van der Waals surface area contributed by atoms with E-state index in [1.807, 2.05) is 0 Å². The molecule has 0 bridgehead atoms. The highest BCUT2D eigenvalue weighted by Crippen LogP contribution is 2.45. The number of carbonyl (C=O) groups excluding carboxylic acids is 1. The second-order valence-corrected chi connectivity index (χ2v) is 6.84. The minimum Gasteiger partial charge on any atom is -0.294 e. The van der Waals surface area contributed by atoms with Crippen molar-refractivity contribution in [1.82, 2.24) is 0 Å². The molecule has 0 spiro atoms. The summed E-state index contributed by atoms with van der Waals surface area (Å²) in [7, 11) is 0. The van der Waals surface area contributed by atoms with Gasteiger partial charge < -0.3 is 0 Å². The Bertz CT molecular complexity index is 487. The fraction of sp³-hybridized carbons (Fsp3) is 0.611. The second kappa shape index (κ2) is 5.67. The molecule has 0 aliphatic heterocycles. The highest BCUT2D eigenvalue weighted by Gasteiger charge is 2.41. The summed E-state index contributed by atoms with van der Waals surface area (Å²) in [6.07, 6.45) is 5.19. The molecule has 1 aliphatic rings. The summed E-state index contributed by atoms with van der Waals surface area (Å²) >= 11 is 0. The van der Waals surface area contributed by atoms with Crippen molar-refractivity contribution in [3.05, 3.63) is 34.6 Å². The monoisotopic (exact) mass is 276 g/mol. The molecule has 0 heterocycles. The molecule has 20 heavy (non-hydrogen) atoms. The molecule has 0 unspecified atom stereocenters. The summed E-state index contributed by atoms with van der Waals surface area (Å²) in [5.74, 6) is 0.556. The van der Waals surface area contributed by atoms with Gasteiger partial charge in [0.1, 0.15) is 5.82 Å². The van der Waals surface area contributed by atoms with Crippen LogP contribution in [0.15, 0.2) is 12.1 Å². The van der Waals surface area contributed by atoms with Crippen molar-refractivity contribution in [2.45, 2.75) is 59.8 Å². The van der Waals surface area contributed by atoms with Gasteiger partial charge in [0.05, 0.1) is 0 Å². The van der Waals surface area contributed by atoms with Gasteiger partial charge in [0.15, 0.2) is 5.78 Å². The maximum atomic E-state index is 13.7. The smallest absolute Gasteiger partial charge is 0.169 e. The van der Waals surface area contributed by atoms with Gasteiger partial charge >= 0.3 is 0 Å². The molecule has 0 saturated heterocycles. The minimum absolute atomic E-state index is 0.189. The molecule has 1 aliphatic carbocycles. The summed E-state index contributed by atoms with van der Waals surface area (Å²) in [6.45, 7) is 7.83. The van der Waals surface area contributed by atoms with Gasteiger partial charge in [0.25, 0.3) is 0 Å². The maximum Gasteiger partial charge on any atom is 0.169 e. The van der Waals surface area contributed by atoms with E-state index in [0.29, 0.717) is 22.6 Å². The molecule has 1 nitrogen and oxygen atoms in total. The summed E-state index contributed by atoms with van der Waals surface area (Å²) in [6, 6.07) is 3.45. The van der Waals surface area contributed by atoms with Crippen LogP contribution in [0, 0.1) is 31.0 Å². The summed E-state index contributed by atoms with van der Waals surface area (Å²) in [4.78, 5) is 13.0. The largest absolute Gasteiger partial charge is 0.294 e. The van der Waals surface area contributed by atoms with Crippen LogP contribution in [0.1, 0.15) is 67.4 Å². The Hall–Kier alpha value is -1.18. The predicted octanol–water partition coefficient (Wildman–Crippen LogP) is 5.23. The number of carbonyl (C=O) groups is 1. The summed E-state index contributed by atoms with van der Waals surface area (Å²) in [5, 5.41) is 0. The highest BCUT2D eigenvalue weighted by atomic mass is 19.1. The molecule has 0 amide bonds. The first-order valence-corrected chi connectivity index (χ1v) is 7.67. The second-order valence-electron chi connectivity index (χ2n) is 6.84. The zero-order valence-corrected chi connectivity index (χ0v) is 13.1. The fourth-order valence-corrected chi connectivity index (χ4v) is 3.74. The highest BCUT2D eigenvalue weighted by molar-refractivity contribution is 6.01. The van der Waals surface area contributed by atoms with E-state index in [9.17, 15) is 9.18 Å². The fourth-order valence-electron chi connectivity index (χ4n) is 3.74. The van der Waals surface area contributed by atoms with Gasteiger partial charge in [-0.15, -0.1) is 0 Å². The van der Waals surface area contributed by atoms with Crippen molar-refractivity contribution < 1.29 is 9.18 Å². The normalized spacial score (nSPS) is 17.7. The Morgan fingerprint density at radius 2 is 1.70 bits per heavy atom. The molecule has 0 N–H and O–H groups in total. The van der Waals surface area contributed by atoms with Gasteiger partial charge in [-0.2, -0.15) is 0 Å². The van der Waals surface area contributed by atoms with Crippen LogP contribution in [0.2, 0.25) is 0 Å². The molecular weight excluding hydrogens is 251 g/mol.